The molecule has 1 aliphatic rings. The topological polar surface area (TPSA) is 9.86 Å². The number of fused-ring (bicyclic) bond motifs is 9. The minimum atomic E-state index is -0.0806. The lowest BCUT2D eigenvalue weighted by molar-refractivity contribution is 0.661. The summed E-state index contributed by atoms with van der Waals surface area (Å²) in [5.41, 5.74) is 17.5. The maximum absolute atomic E-state index is 2.47. The van der Waals surface area contributed by atoms with Crippen LogP contribution in [0.25, 0.3) is 88.4 Å². The molecule has 11 rings (SSSR count). The summed E-state index contributed by atoms with van der Waals surface area (Å²) >= 11 is 0. The molecule has 2 nitrogen and oxygen atoms in total. The molecule has 1 aliphatic carbocycles. The van der Waals surface area contributed by atoms with Crippen LogP contribution in [0, 0.1) is 0 Å². The fraction of sp³-hybridized carbons (Fsp3) is 0.0588. The molecule has 2 heterocycles. The van der Waals surface area contributed by atoms with E-state index in [0.717, 1.165) is 5.69 Å². The van der Waals surface area contributed by atoms with E-state index in [2.05, 4.69) is 205 Å². The van der Waals surface area contributed by atoms with Crippen LogP contribution in [0.15, 0.2) is 182 Å². The van der Waals surface area contributed by atoms with Gasteiger partial charge in [-0.15, -0.1) is 0 Å². The molecule has 0 atom stereocenters. The SMILES string of the molecule is CC1(C)c2ccccc2-c2cc3c4cc(-c5ccccc5)ccc4n(-c4ccc(-c5ccc6c(c5)c5ccccc5n6-c5ccccc5)cc4)c3cc21. The molecule has 10 aromatic rings. The van der Waals surface area contributed by atoms with Gasteiger partial charge in [0.1, 0.15) is 0 Å². The van der Waals surface area contributed by atoms with Gasteiger partial charge < -0.3 is 9.13 Å². The second-order valence-electron chi connectivity index (χ2n) is 15.0. The maximum Gasteiger partial charge on any atom is 0.0544 e. The van der Waals surface area contributed by atoms with Crippen molar-refractivity contribution in [3.63, 3.8) is 0 Å². The van der Waals surface area contributed by atoms with Crippen LogP contribution >= 0.6 is 0 Å². The molecule has 2 heteroatoms. The average Bonchev–Trinajstić information content (AvgIpc) is 3.80. The summed E-state index contributed by atoms with van der Waals surface area (Å²) in [7, 11) is 0. The van der Waals surface area contributed by atoms with E-state index < -0.39 is 0 Å². The molecule has 250 valence electrons. The third kappa shape index (κ3) is 4.39. The second-order valence-corrected chi connectivity index (χ2v) is 15.0. The summed E-state index contributed by atoms with van der Waals surface area (Å²) < 4.78 is 4.85. The van der Waals surface area contributed by atoms with Crippen molar-refractivity contribution in [2.45, 2.75) is 19.3 Å². The molecule has 0 saturated carbocycles. The van der Waals surface area contributed by atoms with Crippen molar-refractivity contribution in [1.29, 1.82) is 0 Å². The molecular formula is C51H36N2. The molecule has 0 bridgehead atoms. The van der Waals surface area contributed by atoms with Crippen molar-refractivity contribution in [3.05, 3.63) is 193 Å². The van der Waals surface area contributed by atoms with Gasteiger partial charge in [0.2, 0.25) is 0 Å². The minimum absolute atomic E-state index is 0.0806. The first-order valence-corrected chi connectivity index (χ1v) is 18.5. The van der Waals surface area contributed by atoms with Gasteiger partial charge in [-0.25, -0.2) is 0 Å². The maximum atomic E-state index is 2.47. The Bertz CT molecular complexity index is 3050. The molecule has 0 unspecified atom stereocenters. The van der Waals surface area contributed by atoms with E-state index in [9.17, 15) is 0 Å². The van der Waals surface area contributed by atoms with Crippen LogP contribution in [0.5, 0.6) is 0 Å². The zero-order valence-electron chi connectivity index (χ0n) is 29.7. The number of para-hydroxylation sites is 2. The molecule has 0 N–H and O–H groups in total. The Morgan fingerprint density at radius 3 is 1.57 bits per heavy atom. The van der Waals surface area contributed by atoms with Gasteiger partial charge in [-0.05, 0) is 111 Å². The standard InChI is InChI=1S/C51H36N2/c1-51(2)45-19-11-9-17-39(45)41-31-44-43-30-35(33-13-5-3-6-14-33)23-28-49(43)53(50(44)32-46(41)51)38-25-21-34(22-26-38)36-24-27-48-42(29-36)40-18-10-12-20-47(40)52(48)37-15-7-4-8-16-37/h3-32H,1-2H3. The third-order valence-electron chi connectivity index (χ3n) is 11.7. The number of nitrogens with zero attached hydrogens (tertiary/aromatic N) is 2. The number of rotatable bonds is 4. The highest BCUT2D eigenvalue weighted by Gasteiger charge is 2.36. The van der Waals surface area contributed by atoms with Gasteiger partial charge in [0, 0.05) is 38.3 Å². The van der Waals surface area contributed by atoms with Gasteiger partial charge in [-0.2, -0.15) is 0 Å². The molecular weight excluding hydrogens is 641 g/mol. The zero-order valence-corrected chi connectivity index (χ0v) is 29.7. The molecule has 8 aromatic carbocycles. The van der Waals surface area contributed by atoms with E-state index in [0.29, 0.717) is 0 Å². The zero-order chi connectivity index (χ0) is 35.3. The van der Waals surface area contributed by atoms with Gasteiger partial charge >= 0.3 is 0 Å². The Hall–Kier alpha value is -6.64. The molecule has 0 amide bonds. The van der Waals surface area contributed by atoms with E-state index in [4.69, 9.17) is 0 Å². The first-order chi connectivity index (χ1) is 26.0. The van der Waals surface area contributed by atoms with E-state index in [1.165, 1.54) is 93.8 Å². The van der Waals surface area contributed by atoms with Crippen molar-refractivity contribution in [1.82, 2.24) is 9.13 Å². The fourth-order valence-electron chi connectivity index (χ4n) is 9.11. The van der Waals surface area contributed by atoms with Crippen LogP contribution in [0.3, 0.4) is 0 Å². The molecule has 0 fully saturated rings. The smallest absolute Gasteiger partial charge is 0.0544 e. The Morgan fingerprint density at radius 1 is 0.321 bits per heavy atom. The first-order valence-electron chi connectivity index (χ1n) is 18.5. The van der Waals surface area contributed by atoms with Crippen molar-refractivity contribution in [2.75, 3.05) is 0 Å². The normalized spacial score (nSPS) is 13.2. The van der Waals surface area contributed by atoms with Gasteiger partial charge in [-0.1, -0.05) is 129 Å². The van der Waals surface area contributed by atoms with Crippen molar-refractivity contribution < 1.29 is 0 Å². The first kappa shape index (κ1) is 30.0. The Kier molecular flexibility index (Phi) is 6.33. The molecule has 0 spiro atoms. The highest BCUT2D eigenvalue weighted by Crippen LogP contribution is 2.51. The predicted molar refractivity (Wildman–Crippen MR) is 224 cm³/mol. The van der Waals surface area contributed by atoms with Crippen LogP contribution in [-0.2, 0) is 5.41 Å². The lowest BCUT2D eigenvalue weighted by Crippen LogP contribution is -2.14. The van der Waals surface area contributed by atoms with Gasteiger partial charge in [0.25, 0.3) is 0 Å². The van der Waals surface area contributed by atoms with E-state index >= 15 is 0 Å². The van der Waals surface area contributed by atoms with E-state index in [1.807, 2.05) is 0 Å². The number of aromatic nitrogens is 2. The van der Waals surface area contributed by atoms with Crippen LogP contribution in [-0.4, -0.2) is 9.13 Å². The van der Waals surface area contributed by atoms with Crippen LogP contribution in [0.1, 0.15) is 25.0 Å². The summed E-state index contributed by atoms with van der Waals surface area (Å²) in [5, 5.41) is 5.09. The van der Waals surface area contributed by atoms with Crippen LogP contribution < -0.4 is 0 Å². The van der Waals surface area contributed by atoms with Crippen molar-refractivity contribution in [2.24, 2.45) is 0 Å². The summed E-state index contributed by atoms with van der Waals surface area (Å²) in [5.74, 6) is 0. The third-order valence-corrected chi connectivity index (χ3v) is 11.7. The van der Waals surface area contributed by atoms with E-state index in [-0.39, 0.29) is 5.41 Å². The molecule has 53 heavy (non-hydrogen) atoms. The number of hydrogen-bond acceptors (Lipinski definition) is 0. The lowest BCUT2D eigenvalue weighted by Gasteiger charge is -2.21. The van der Waals surface area contributed by atoms with Gasteiger partial charge in [0.15, 0.2) is 0 Å². The molecule has 0 radical (unpaired) electrons. The average molecular weight is 677 g/mol. The monoisotopic (exact) mass is 676 g/mol. The number of benzene rings is 8. The molecule has 2 aromatic heterocycles. The largest absolute Gasteiger partial charge is 0.309 e. The van der Waals surface area contributed by atoms with Gasteiger partial charge in [-0.3, -0.25) is 0 Å². The molecule has 0 saturated heterocycles. The summed E-state index contributed by atoms with van der Waals surface area (Å²) in [6.07, 6.45) is 0. The summed E-state index contributed by atoms with van der Waals surface area (Å²) in [4.78, 5) is 0. The lowest BCUT2D eigenvalue weighted by atomic mass is 9.82. The Labute approximate surface area is 308 Å². The quantitative estimate of drug-likeness (QED) is 0.176. The predicted octanol–water partition coefficient (Wildman–Crippen LogP) is 13.5. The highest BCUT2D eigenvalue weighted by molar-refractivity contribution is 6.13. The van der Waals surface area contributed by atoms with E-state index in [1.54, 1.807) is 0 Å². The fourth-order valence-corrected chi connectivity index (χ4v) is 9.11. The van der Waals surface area contributed by atoms with Crippen LogP contribution in [0.2, 0.25) is 0 Å². The Balaban J connectivity index is 1.08. The summed E-state index contributed by atoms with van der Waals surface area (Å²) in [6, 6.07) is 67.0. The minimum Gasteiger partial charge on any atom is -0.309 e. The Morgan fingerprint density at radius 2 is 0.830 bits per heavy atom. The van der Waals surface area contributed by atoms with Crippen molar-refractivity contribution in [3.8, 4) is 44.8 Å². The second kappa shape index (κ2) is 11.2. The highest BCUT2D eigenvalue weighted by atomic mass is 15.0. The summed E-state index contributed by atoms with van der Waals surface area (Å²) in [6.45, 7) is 4.74. The van der Waals surface area contributed by atoms with Gasteiger partial charge in [0.05, 0.1) is 22.1 Å². The number of hydrogen-bond donors (Lipinski definition) is 0. The molecule has 0 aliphatic heterocycles. The van der Waals surface area contributed by atoms with Crippen molar-refractivity contribution >= 4 is 43.6 Å². The van der Waals surface area contributed by atoms with Crippen LogP contribution in [0.4, 0.5) is 0 Å².